The van der Waals surface area contributed by atoms with Crippen molar-refractivity contribution in [2.75, 3.05) is 31.7 Å². The molecule has 5 aromatic rings. The number of anilines is 2. The van der Waals surface area contributed by atoms with Crippen LogP contribution in [0.25, 0.3) is 22.4 Å². The summed E-state index contributed by atoms with van der Waals surface area (Å²) in [6, 6.07) is 9.28. The van der Waals surface area contributed by atoms with E-state index in [-0.39, 0.29) is 55.1 Å². The predicted octanol–water partition coefficient (Wildman–Crippen LogP) is 5.25. The Balaban J connectivity index is 1.50. The average molecular weight is 760 g/mol. The van der Waals surface area contributed by atoms with Crippen LogP contribution in [-0.4, -0.2) is 75.1 Å². The van der Waals surface area contributed by atoms with Gasteiger partial charge in [-0.05, 0) is 64.3 Å². The molecule has 0 aliphatic carbocycles. The molecule has 2 atom stereocenters. The molecule has 0 unspecified atom stereocenters. The fourth-order valence-electron chi connectivity index (χ4n) is 5.68. The highest BCUT2D eigenvalue weighted by molar-refractivity contribution is 5.92. The molecular formula is C39H47F2N9O5. The van der Waals surface area contributed by atoms with Gasteiger partial charge in [0.2, 0.25) is 5.91 Å². The number of carbonyl (C=O) groups excluding carboxylic acids is 2. The lowest BCUT2D eigenvalue weighted by atomic mass is 10.1. The Morgan fingerprint density at radius 2 is 1.76 bits per heavy atom. The van der Waals surface area contributed by atoms with Crippen LogP contribution in [0.15, 0.2) is 54.9 Å². The predicted molar refractivity (Wildman–Crippen MR) is 204 cm³/mol. The van der Waals surface area contributed by atoms with Gasteiger partial charge in [-0.15, -0.1) is 0 Å². The van der Waals surface area contributed by atoms with Gasteiger partial charge in [-0.2, -0.15) is 5.10 Å². The first-order valence-electron chi connectivity index (χ1n) is 18.2. The maximum atomic E-state index is 15.2. The van der Waals surface area contributed by atoms with Gasteiger partial charge in [0.05, 0.1) is 37.5 Å². The number of para-hydroxylation sites is 1. The number of benzene rings is 2. The van der Waals surface area contributed by atoms with E-state index in [0.29, 0.717) is 54.5 Å². The van der Waals surface area contributed by atoms with E-state index in [1.807, 2.05) is 39.0 Å². The van der Waals surface area contributed by atoms with Crippen molar-refractivity contribution in [1.82, 2.24) is 30.0 Å². The summed E-state index contributed by atoms with van der Waals surface area (Å²) in [5.41, 5.74) is 14.7. The van der Waals surface area contributed by atoms with Crippen molar-refractivity contribution in [1.29, 1.82) is 0 Å². The molecule has 0 spiro atoms. The number of pyridine rings is 1. The molecule has 0 fully saturated rings. The lowest BCUT2D eigenvalue weighted by Crippen LogP contribution is -2.51. The summed E-state index contributed by atoms with van der Waals surface area (Å²) in [6.45, 7) is 7.65. The van der Waals surface area contributed by atoms with Crippen molar-refractivity contribution in [2.45, 2.75) is 72.0 Å². The van der Waals surface area contributed by atoms with Crippen LogP contribution in [0.1, 0.15) is 56.4 Å². The third-order valence-corrected chi connectivity index (χ3v) is 8.61. The van der Waals surface area contributed by atoms with Crippen LogP contribution in [0.4, 0.5) is 20.3 Å². The van der Waals surface area contributed by atoms with Crippen molar-refractivity contribution >= 4 is 34.3 Å². The van der Waals surface area contributed by atoms with Gasteiger partial charge in [0.1, 0.15) is 29.7 Å². The van der Waals surface area contributed by atoms with Crippen LogP contribution in [-0.2, 0) is 20.9 Å². The van der Waals surface area contributed by atoms with Crippen molar-refractivity contribution < 1.29 is 32.6 Å². The number of aromatic nitrogens is 5. The van der Waals surface area contributed by atoms with E-state index >= 15 is 8.78 Å². The minimum atomic E-state index is -1.19. The summed E-state index contributed by atoms with van der Waals surface area (Å²) in [6.07, 6.45) is 5.47. The van der Waals surface area contributed by atoms with Gasteiger partial charge in [-0.1, -0.05) is 31.5 Å². The van der Waals surface area contributed by atoms with Crippen molar-refractivity contribution in [3.8, 4) is 23.0 Å². The molecule has 0 saturated carbocycles. The number of hydrogen-bond acceptors (Lipinski definition) is 12. The van der Waals surface area contributed by atoms with Gasteiger partial charge in [-0.25, -0.2) is 23.5 Å². The number of halogens is 2. The first-order valence-corrected chi connectivity index (χ1v) is 18.2. The Kier molecular flexibility index (Phi) is 14.0. The summed E-state index contributed by atoms with van der Waals surface area (Å²) < 4.78 is 48.6. The number of amides is 1. The molecule has 2 aromatic carbocycles. The summed E-state index contributed by atoms with van der Waals surface area (Å²) in [7, 11) is 0. The van der Waals surface area contributed by atoms with Gasteiger partial charge in [0.25, 0.3) is 0 Å². The molecule has 292 valence electrons. The number of ether oxygens (including phenoxy) is 3. The quantitative estimate of drug-likeness (QED) is 0.0632. The van der Waals surface area contributed by atoms with E-state index < -0.39 is 35.6 Å². The number of nitrogens with two attached hydrogens (primary N) is 2. The molecule has 0 saturated heterocycles. The Hall–Kier alpha value is -5.74. The van der Waals surface area contributed by atoms with E-state index in [1.54, 1.807) is 25.3 Å². The Morgan fingerprint density at radius 3 is 2.49 bits per heavy atom. The van der Waals surface area contributed by atoms with Crippen molar-refractivity contribution in [3.63, 3.8) is 0 Å². The third kappa shape index (κ3) is 10.3. The molecule has 1 amide bonds. The SMILES string of the molecule is CCCOC(=O)[C@H](COc1cnc(-c2nn(Cc3c(F)cc(OCC)cc3F)c3ccccc23)nc1Nc1cc(C)ncc1C)NC(=O)[C@H](N)CCCCN. The largest absolute Gasteiger partial charge is 0.494 e. The van der Waals surface area contributed by atoms with Crippen LogP contribution in [0, 0.1) is 25.5 Å². The van der Waals surface area contributed by atoms with Gasteiger partial charge < -0.3 is 36.3 Å². The fourth-order valence-corrected chi connectivity index (χ4v) is 5.68. The zero-order chi connectivity index (χ0) is 39.5. The van der Waals surface area contributed by atoms with Crippen molar-refractivity contribution in [3.05, 3.63) is 83.3 Å². The second-order valence-corrected chi connectivity index (χ2v) is 12.9. The Labute approximate surface area is 318 Å². The topological polar surface area (TPSA) is 194 Å². The summed E-state index contributed by atoms with van der Waals surface area (Å²) in [5.74, 6) is -2.11. The Morgan fingerprint density at radius 1 is 1.00 bits per heavy atom. The van der Waals surface area contributed by atoms with E-state index in [2.05, 4.69) is 20.6 Å². The number of carbonyl (C=O) groups is 2. The molecule has 5 rings (SSSR count). The number of rotatable bonds is 19. The van der Waals surface area contributed by atoms with Gasteiger partial charge in [0.15, 0.2) is 23.4 Å². The fraction of sp³-hybridized carbons (Fsp3) is 0.385. The molecule has 3 heterocycles. The van der Waals surface area contributed by atoms with Crippen molar-refractivity contribution in [2.24, 2.45) is 11.5 Å². The second kappa shape index (κ2) is 19.0. The number of fused-ring (bicyclic) bond motifs is 1. The van der Waals surface area contributed by atoms with Crippen LogP contribution in [0.5, 0.6) is 11.5 Å². The summed E-state index contributed by atoms with van der Waals surface area (Å²) in [4.78, 5) is 39.8. The molecule has 16 heteroatoms. The van der Waals surface area contributed by atoms with Crippen LogP contribution >= 0.6 is 0 Å². The van der Waals surface area contributed by atoms with E-state index in [1.165, 1.54) is 10.9 Å². The highest BCUT2D eigenvalue weighted by Gasteiger charge is 2.27. The number of unbranched alkanes of at least 4 members (excludes halogenated alkanes) is 1. The van der Waals surface area contributed by atoms with Gasteiger partial charge >= 0.3 is 5.97 Å². The average Bonchev–Trinajstić information content (AvgIpc) is 3.53. The lowest BCUT2D eigenvalue weighted by molar-refractivity contribution is -0.149. The molecule has 0 radical (unpaired) electrons. The third-order valence-electron chi connectivity index (χ3n) is 8.61. The van der Waals surface area contributed by atoms with Crippen LogP contribution in [0.2, 0.25) is 0 Å². The molecule has 0 aliphatic rings. The molecular weight excluding hydrogens is 712 g/mol. The molecule has 55 heavy (non-hydrogen) atoms. The first kappa shape index (κ1) is 40.4. The second-order valence-electron chi connectivity index (χ2n) is 12.9. The molecule has 14 nitrogen and oxygen atoms in total. The van der Waals surface area contributed by atoms with Crippen LogP contribution < -0.4 is 31.6 Å². The highest BCUT2D eigenvalue weighted by atomic mass is 19.1. The standard InChI is InChI=1S/C39H47F2N9O5/c1-5-15-54-39(52)32(47-38(51)30(43)12-9-10-14-42)22-55-34-20-45-37(48-36(34)46-31-16-24(4)44-19-23(31)3)35-26-11-7-8-13-33(26)50(49-35)21-27-28(40)17-25(53-6-2)18-29(27)41/h7-8,11,13,16-20,30,32H,5-6,9-10,12,14-15,21-22,42-43H2,1-4H3,(H,47,51)(H,44,45,46,48)/t30-,32+/m1/s1. The maximum absolute atomic E-state index is 15.2. The minimum Gasteiger partial charge on any atom is -0.494 e. The molecule has 6 N–H and O–H groups in total. The van der Waals surface area contributed by atoms with E-state index in [9.17, 15) is 9.59 Å². The number of hydrogen-bond donors (Lipinski definition) is 4. The summed E-state index contributed by atoms with van der Waals surface area (Å²) >= 11 is 0. The Bertz CT molecular complexity index is 2090. The smallest absolute Gasteiger partial charge is 0.332 e. The number of aryl methyl sites for hydroxylation is 2. The number of nitrogens with one attached hydrogen (secondary N) is 2. The van der Waals surface area contributed by atoms with Gasteiger partial charge in [0, 0.05) is 40.7 Å². The number of esters is 1. The van der Waals surface area contributed by atoms with Gasteiger partial charge in [-0.3, -0.25) is 14.5 Å². The van der Waals surface area contributed by atoms with Crippen LogP contribution in [0.3, 0.4) is 0 Å². The summed E-state index contributed by atoms with van der Waals surface area (Å²) in [5, 5.41) is 11.3. The highest BCUT2D eigenvalue weighted by Crippen LogP contribution is 2.33. The first-order chi connectivity index (χ1) is 26.5. The molecule has 3 aromatic heterocycles. The lowest BCUT2D eigenvalue weighted by Gasteiger charge is -2.21. The monoisotopic (exact) mass is 759 g/mol. The minimum absolute atomic E-state index is 0.0936. The molecule has 0 aliphatic heterocycles. The number of nitrogens with zero attached hydrogens (tertiary/aromatic N) is 5. The maximum Gasteiger partial charge on any atom is 0.332 e. The van der Waals surface area contributed by atoms with E-state index in [0.717, 1.165) is 23.4 Å². The molecule has 0 bridgehead atoms. The zero-order valence-electron chi connectivity index (χ0n) is 31.4. The van der Waals surface area contributed by atoms with E-state index in [4.69, 9.17) is 35.8 Å². The normalized spacial score (nSPS) is 12.3. The zero-order valence-corrected chi connectivity index (χ0v) is 31.4.